The van der Waals surface area contributed by atoms with E-state index in [1.54, 1.807) is 26.0 Å². The van der Waals surface area contributed by atoms with Gasteiger partial charge in [0.2, 0.25) is 0 Å². The largest absolute Gasteiger partial charge is 0.464 e. The Labute approximate surface area is 129 Å². The fourth-order valence-corrected chi connectivity index (χ4v) is 2.39. The third kappa shape index (κ3) is 4.27. The van der Waals surface area contributed by atoms with E-state index in [9.17, 15) is 18.0 Å². The second-order valence-electron chi connectivity index (χ2n) is 4.55. The molecule has 0 fully saturated rings. The molecular weight excluding hydrogens is 317 g/mol. The number of hydrogen-bond acceptors (Lipinski definition) is 4. The first kappa shape index (κ1) is 16.4. The summed E-state index contributed by atoms with van der Waals surface area (Å²) < 4.78 is 42.9. The van der Waals surface area contributed by atoms with E-state index in [2.05, 4.69) is 10.3 Å². The third-order valence-electron chi connectivity index (χ3n) is 2.76. The highest BCUT2D eigenvalue weighted by atomic mass is 32.2. The smallest absolute Gasteiger partial charge is 0.447 e. The maximum Gasteiger partial charge on any atom is 0.447 e. The van der Waals surface area contributed by atoms with Crippen molar-refractivity contribution in [2.45, 2.75) is 30.4 Å². The topological polar surface area (TPSA) is 55.1 Å². The highest BCUT2D eigenvalue weighted by molar-refractivity contribution is 8.00. The molecule has 4 nitrogen and oxygen atoms in total. The van der Waals surface area contributed by atoms with Crippen LogP contribution in [0.15, 0.2) is 39.9 Å². The number of alkyl halides is 3. The summed E-state index contributed by atoms with van der Waals surface area (Å²) in [6.45, 7) is 3.44. The molecule has 2 rings (SSSR count). The second-order valence-corrected chi connectivity index (χ2v) is 5.60. The van der Waals surface area contributed by atoms with Crippen molar-refractivity contribution in [1.29, 1.82) is 0 Å². The Morgan fingerprint density at radius 1 is 1.36 bits per heavy atom. The van der Waals surface area contributed by atoms with Crippen molar-refractivity contribution in [2.24, 2.45) is 0 Å². The minimum Gasteiger partial charge on any atom is -0.464 e. The molecule has 22 heavy (non-hydrogen) atoms. The number of nitrogens with one attached hydrogen (secondary N) is 1. The first-order chi connectivity index (χ1) is 10.3. The Kier molecular flexibility index (Phi) is 4.80. The van der Waals surface area contributed by atoms with Crippen molar-refractivity contribution in [3.8, 4) is 0 Å². The van der Waals surface area contributed by atoms with Crippen LogP contribution in [0.4, 0.5) is 13.2 Å². The molecular formula is C14H13F3N2O2S. The van der Waals surface area contributed by atoms with Gasteiger partial charge in [0.15, 0.2) is 0 Å². The molecule has 2 aromatic heterocycles. The van der Waals surface area contributed by atoms with Gasteiger partial charge in [-0.25, -0.2) is 4.98 Å². The fraction of sp³-hybridized carbons (Fsp3) is 0.286. The van der Waals surface area contributed by atoms with Crippen molar-refractivity contribution in [3.05, 3.63) is 47.5 Å². The molecule has 1 amide bonds. The summed E-state index contributed by atoms with van der Waals surface area (Å²) in [6, 6.07) is 5.69. The second kappa shape index (κ2) is 6.43. The van der Waals surface area contributed by atoms with Gasteiger partial charge in [0, 0.05) is 18.0 Å². The maximum absolute atomic E-state index is 12.5. The Morgan fingerprint density at radius 3 is 2.68 bits per heavy atom. The van der Waals surface area contributed by atoms with E-state index < -0.39 is 29.2 Å². The van der Waals surface area contributed by atoms with Crippen LogP contribution in [0.3, 0.4) is 0 Å². The number of nitrogens with zero attached hydrogens (tertiary/aromatic N) is 1. The lowest BCUT2D eigenvalue weighted by molar-refractivity contribution is -0.0329. The monoisotopic (exact) mass is 330 g/mol. The average Bonchev–Trinajstić information content (AvgIpc) is 2.84. The molecule has 0 aromatic carbocycles. The minimum atomic E-state index is -4.51. The van der Waals surface area contributed by atoms with E-state index in [0.29, 0.717) is 11.5 Å². The highest BCUT2D eigenvalue weighted by Gasteiger charge is 2.32. The van der Waals surface area contributed by atoms with Crippen LogP contribution in [0, 0.1) is 6.92 Å². The summed E-state index contributed by atoms with van der Waals surface area (Å²) in [6.07, 6.45) is 1.21. The molecule has 2 heterocycles. The number of pyridine rings is 1. The zero-order valence-corrected chi connectivity index (χ0v) is 12.6. The van der Waals surface area contributed by atoms with E-state index in [1.807, 2.05) is 0 Å². The molecule has 0 saturated heterocycles. The van der Waals surface area contributed by atoms with E-state index in [-0.39, 0.29) is 10.6 Å². The molecule has 1 N–H and O–H groups in total. The molecule has 0 saturated carbocycles. The highest BCUT2D eigenvalue weighted by Crippen LogP contribution is 2.37. The van der Waals surface area contributed by atoms with Gasteiger partial charge in [-0.2, -0.15) is 13.2 Å². The van der Waals surface area contributed by atoms with Crippen LogP contribution in [-0.2, 0) is 0 Å². The van der Waals surface area contributed by atoms with E-state index >= 15 is 0 Å². The number of amides is 1. The number of furan rings is 1. The molecule has 0 radical (unpaired) electrons. The maximum atomic E-state index is 12.5. The third-order valence-corrected chi connectivity index (χ3v) is 3.51. The van der Waals surface area contributed by atoms with Crippen LogP contribution >= 0.6 is 11.8 Å². The molecule has 0 aliphatic carbocycles. The zero-order valence-electron chi connectivity index (χ0n) is 11.8. The van der Waals surface area contributed by atoms with Crippen molar-refractivity contribution >= 4 is 17.7 Å². The van der Waals surface area contributed by atoms with Crippen molar-refractivity contribution < 1.29 is 22.4 Å². The summed E-state index contributed by atoms with van der Waals surface area (Å²) in [7, 11) is 0. The number of halogens is 3. The SMILES string of the molecule is Cc1ccc([C@@H](C)NC(=O)c2cccnc2SC(F)(F)F)o1. The Bertz CT molecular complexity index is 670. The van der Waals surface area contributed by atoms with Crippen LogP contribution in [-0.4, -0.2) is 16.4 Å². The Morgan fingerprint density at radius 2 is 2.09 bits per heavy atom. The quantitative estimate of drug-likeness (QED) is 0.858. The lowest BCUT2D eigenvalue weighted by Crippen LogP contribution is -2.27. The van der Waals surface area contributed by atoms with Crippen LogP contribution in [0.1, 0.15) is 34.8 Å². The summed E-state index contributed by atoms with van der Waals surface area (Å²) in [5, 5.41) is 2.22. The van der Waals surface area contributed by atoms with Gasteiger partial charge in [0.1, 0.15) is 16.5 Å². The summed E-state index contributed by atoms with van der Waals surface area (Å²) in [5.74, 6) is 0.576. The normalized spacial score (nSPS) is 13.0. The lowest BCUT2D eigenvalue weighted by atomic mass is 10.2. The number of carbonyl (C=O) groups is 1. The molecule has 0 bridgehead atoms. The van der Waals surface area contributed by atoms with Crippen LogP contribution < -0.4 is 5.32 Å². The van der Waals surface area contributed by atoms with Crippen LogP contribution in [0.25, 0.3) is 0 Å². The van der Waals surface area contributed by atoms with Crippen molar-refractivity contribution in [1.82, 2.24) is 10.3 Å². The first-order valence-electron chi connectivity index (χ1n) is 6.34. The van der Waals surface area contributed by atoms with Crippen molar-refractivity contribution in [2.75, 3.05) is 0 Å². The standard InChI is InChI=1S/C14H13F3N2O2S/c1-8-5-6-11(21-8)9(2)19-12(20)10-4-3-7-18-13(10)22-14(15,16)17/h3-7,9H,1-2H3,(H,19,20)/t9-/m1/s1. The molecule has 1 atom stereocenters. The van der Waals surface area contributed by atoms with Gasteiger partial charge >= 0.3 is 5.51 Å². The molecule has 2 aromatic rings. The van der Waals surface area contributed by atoms with E-state index in [0.717, 1.165) is 0 Å². The van der Waals surface area contributed by atoms with Crippen molar-refractivity contribution in [3.63, 3.8) is 0 Å². The fourth-order valence-electron chi connectivity index (χ4n) is 1.79. The van der Waals surface area contributed by atoms with Gasteiger partial charge in [0.05, 0.1) is 11.6 Å². The van der Waals surface area contributed by atoms with Gasteiger partial charge in [0.25, 0.3) is 5.91 Å². The van der Waals surface area contributed by atoms with E-state index in [4.69, 9.17) is 4.42 Å². The molecule has 8 heteroatoms. The number of carbonyl (C=O) groups excluding carboxylic acids is 1. The average molecular weight is 330 g/mol. The number of hydrogen-bond donors (Lipinski definition) is 1. The number of thioether (sulfide) groups is 1. The van der Waals surface area contributed by atoms with Crippen LogP contribution in [0.2, 0.25) is 0 Å². The number of rotatable bonds is 4. The Balaban J connectivity index is 2.16. The molecule has 0 aliphatic heterocycles. The molecule has 118 valence electrons. The van der Waals surface area contributed by atoms with Gasteiger partial charge < -0.3 is 9.73 Å². The predicted molar refractivity (Wildman–Crippen MR) is 75.5 cm³/mol. The van der Waals surface area contributed by atoms with E-state index in [1.165, 1.54) is 18.3 Å². The molecule has 0 spiro atoms. The number of aromatic nitrogens is 1. The van der Waals surface area contributed by atoms with Gasteiger partial charge in [-0.3, -0.25) is 4.79 Å². The molecule has 0 aliphatic rings. The van der Waals surface area contributed by atoms with Gasteiger partial charge in [-0.05, 0) is 38.1 Å². The van der Waals surface area contributed by atoms with Gasteiger partial charge in [-0.1, -0.05) is 0 Å². The first-order valence-corrected chi connectivity index (χ1v) is 7.16. The predicted octanol–water partition coefficient (Wildman–Crippen LogP) is 4.09. The summed E-state index contributed by atoms with van der Waals surface area (Å²) in [5.41, 5.74) is -4.63. The zero-order chi connectivity index (χ0) is 16.3. The minimum absolute atomic E-state index is 0.125. The van der Waals surface area contributed by atoms with Gasteiger partial charge in [-0.15, -0.1) is 0 Å². The lowest BCUT2D eigenvalue weighted by Gasteiger charge is -2.13. The molecule has 0 unspecified atom stereocenters. The van der Waals surface area contributed by atoms with Crippen LogP contribution in [0.5, 0.6) is 0 Å². The number of aryl methyl sites for hydroxylation is 1. The summed E-state index contributed by atoms with van der Waals surface area (Å²) >= 11 is -0.413. The summed E-state index contributed by atoms with van der Waals surface area (Å²) in [4.78, 5) is 15.8. The Hall–Kier alpha value is -1.96.